The molecule has 3 nitrogen and oxygen atoms in total. The highest BCUT2D eigenvalue weighted by Crippen LogP contribution is 2.51. The lowest BCUT2D eigenvalue weighted by molar-refractivity contribution is -0.137. The van der Waals surface area contributed by atoms with E-state index in [1.165, 1.54) is 19.3 Å². The number of hydrogen-bond donors (Lipinski definition) is 1. The van der Waals surface area contributed by atoms with Gasteiger partial charge < -0.3 is 9.84 Å². The molecule has 4 atom stereocenters. The molecule has 0 unspecified atom stereocenters. The van der Waals surface area contributed by atoms with Gasteiger partial charge in [-0.1, -0.05) is 18.2 Å². The van der Waals surface area contributed by atoms with Gasteiger partial charge in [0.15, 0.2) is 0 Å². The van der Waals surface area contributed by atoms with Crippen LogP contribution in [0.4, 0.5) is 0 Å². The normalized spacial score (nSPS) is 32.0. The van der Waals surface area contributed by atoms with Crippen LogP contribution in [0.15, 0.2) is 24.8 Å². The van der Waals surface area contributed by atoms with Crippen molar-refractivity contribution in [2.45, 2.75) is 51.0 Å². The summed E-state index contributed by atoms with van der Waals surface area (Å²) in [4.78, 5) is 10.4. The fraction of sp³-hybridized carbons (Fsp3) is 0.706. The van der Waals surface area contributed by atoms with E-state index in [2.05, 4.69) is 18.7 Å². The van der Waals surface area contributed by atoms with E-state index in [4.69, 9.17) is 9.84 Å². The van der Waals surface area contributed by atoms with Crippen LogP contribution in [0.2, 0.25) is 0 Å². The lowest BCUT2D eigenvalue weighted by Gasteiger charge is -2.30. The van der Waals surface area contributed by atoms with Crippen LogP contribution in [0.25, 0.3) is 0 Å². The first-order valence-electron chi connectivity index (χ1n) is 7.81. The Balaban J connectivity index is 1.74. The predicted octanol–water partition coefficient (Wildman–Crippen LogP) is 3.80. The maximum atomic E-state index is 10.4. The highest BCUT2D eigenvalue weighted by atomic mass is 16.5. The zero-order valence-electron chi connectivity index (χ0n) is 12.2. The van der Waals surface area contributed by atoms with E-state index < -0.39 is 5.97 Å². The maximum Gasteiger partial charge on any atom is 0.303 e. The van der Waals surface area contributed by atoms with Crippen molar-refractivity contribution in [1.82, 2.24) is 0 Å². The highest BCUT2D eigenvalue weighted by molar-refractivity contribution is 5.66. The molecule has 0 amide bonds. The number of ether oxygens (including phenoxy) is 1. The number of unbranched alkanes of at least 4 members (excludes halogenated alkanes) is 1. The Morgan fingerprint density at radius 3 is 2.85 bits per heavy atom. The number of carboxylic acid groups (broad SMARTS) is 1. The first kappa shape index (κ1) is 15.3. The van der Waals surface area contributed by atoms with Gasteiger partial charge in [-0.05, 0) is 56.3 Å². The minimum atomic E-state index is -0.704. The molecular weight excluding hydrogens is 252 g/mol. The maximum absolute atomic E-state index is 10.4. The lowest BCUT2D eigenvalue weighted by Crippen LogP contribution is -2.30. The van der Waals surface area contributed by atoms with Gasteiger partial charge in [0.05, 0.1) is 12.7 Å². The molecule has 0 radical (unpaired) electrons. The molecule has 0 aromatic heterocycles. The van der Waals surface area contributed by atoms with Crippen molar-refractivity contribution < 1.29 is 14.6 Å². The zero-order valence-corrected chi connectivity index (χ0v) is 12.2. The summed E-state index contributed by atoms with van der Waals surface area (Å²) in [7, 11) is 0. The Hall–Kier alpha value is -1.09. The van der Waals surface area contributed by atoms with E-state index in [9.17, 15) is 4.79 Å². The Morgan fingerprint density at radius 2 is 2.10 bits per heavy atom. The van der Waals surface area contributed by atoms with E-state index in [0.717, 1.165) is 31.1 Å². The average Bonchev–Trinajstić information content (AvgIpc) is 3.01. The van der Waals surface area contributed by atoms with Crippen LogP contribution in [-0.4, -0.2) is 23.8 Å². The number of allylic oxidation sites excluding steroid dienone is 2. The number of aliphatic carboxylic acids is 1. The zero-order chi connectivity index (χ0) is 14.4. The molecule has 3 heteroatoms. The summed E-state index contributed by atoms with van der Waals surface area (Å²) in [6.45, 7) is 4.39. The SMILES string of the molecule is C=CCO[C@@H]1[C@@H]2CC[C@@H](C2)[C@@H]1CC=CCCCC(=O)O. The van der Waals surface area contributed by atoms with Crippen LogP contribution in [0.1, 0.15) is 44.9 Å². The van der Waals surface area contributed by atoms with Crippen molar-refractivity contribution in [2.24, 2.45) is 17.8 Å². The van der Waals surface area contributed by atoms with Gasteiger partial charge in [0.1, 0.15) is 0 Å². The number of carboxylic acids is 1. The summed E-state index contributed by atoms with van der Waals surface area (Å²) in [5.41, 5.74) is 0. The molecule has 0 saturated heterocycles. The Bertz CT molecular complexity index is 361. The van der Waals surface area contributed by atoms with Crippen LogP contribution in [0.3, 0.4) is 0 Å². The molecule has 2 aliphatic rings. The van der Waals surface area contributed by atoms with Gasteiger partial charge in [0.2, 0.25) is 0 Å². The van der Waals surface area contributed by atoms with Crippen molar-refractivity contribution >= 4 is 5.97 Å². The molecule has 2 bridgehead atoms. The first-order chi connectivity index (χ1) is 9.72. The van der Waals surface area contributed by atoms with Gasteiger partial charge in [-0.15, -0.1) is 6.58 Å². The van der Waals surface area contributed by atoms with E-state index in [-0.39, 0.29) is 6.42 Å². The Labute approximate surface area is 121 Å². The van der Waals surface area contributed by atoms with Crippen molar-refractivity contribution in [3.05, 3.63) is 24.8 Å². The molecule has 2 rings (SSSR count). The van der Waals surface area contributed by atoms with Crippen molar-refractivity contribution in [1.29, 1.82) is 0 Å². The number of hydrogen-bond acceptors (Lipinski definition) is 2. The molecule has 0 aliphatic heterocycles. The Kier molecular flexibility index (Phi) is 5.84. The largest absolute Gasteiger partial charge is 0.481 e. The quantitative estimate of drug-likeness (QED) is 0.515. The Morgan fingerprint density at radius 1 is 1.30 bits per heavy atom. The van der Waals surface area contributed by atoms with E-state index in [1.807, 2.05) is 6.08 Å². The lowest BCUT2D eigenvalue weighted by atomic mass is 9.84. The summed E-state index contributed by atoms with van der Waals surface area (Å²) in [6.07, 6.45) is 13.6. The summed E-state index contributed by atoms with van der Waals surface area (Å²) in [6, 6.07) is 0. The van der Waals surface area contributed by atoms with Crippen molar-refractivity contribution in [3.63, 3.8) is 0 Å². The van der Waals surface area contributed by atoms with Crippen LogP contribution in [0.5, 0.6) is 0 Å². The monoisotopic (exact) mass is 278 g/mol. The molecule has 1 N–H and O–H groups in total. The summed E-state index contributed by atoms with van der Waals surface area (Å²) >= 11 is 0. The smallest absolute Gasteiger partial charge is 0.303 e. The number of carbonyl (C=O) groups is 1. The fourth-order valence-electron chi connectivity index (χ4n) is 3.87. The molecule has 2 aliphatic carbocycles. The third-order valence-corrected chi connectivity index (χ3v) is 4.75. The van der Waals surface area contributed by atoms with Crippen LogP contribution >= 0.6 is 0 Å². The van der Waals surface area contributed by atoms with Gasteiger partial charge >= 0.3 is 5.97 Å². The molecule has 0 aromatic carbocycles. The van der Waals surface area contributed by atoms with E-state index in [0.29, 0.717) is 18.6 Å². The molecule has 0 heterocycles. The molecule has 2 fully saturated rings. The second kappa shape index (κ2) is 7.63. The molecule has 2 saturated carbocycles. The predicted molar refractivity (Wildman–Crippen MR) is 79.5 cm³/mol. The van der Waals surface area contributed by atoms with E-state index in [1.54, 1.807) is 0 Å². The fourth-order valence-corrected chi connectivity index (χ4v) is 3.87. The molecule has 0 spiro atoms. The second-order valence-corrected chi connectivity index (χ2v) is 6.08. The third-order valence-electron chi connectivity index (χ3n) is 4.75. The highest BCUT2D eigenvalue weighted by Gasteiger charge is 2.47. The molecule has 0 aromatic rings. The van der Waals surface area contributed by atoms with Gasteiger partial charge in [-0.25, -0.2) is 0 Å². The standard InChI is InChI=1S/C17H26O3/c1-2-11-20-17-14-10-9-13(12-14)15(17)7-5-3-4-6-8-16(18)19/h2-3,5,13-15,17H,1,4,6-12H2,(H,18,19)/t13-,14+,15-,17+/m0/s1. The summed E-state index contributed by atoms with van der Waals surface area (Å²) in [5.74, 6) is 1.54. The number of fused-ring (bicyclic) bond motifs is 2. The van der Waals surface area contributed by atoms with Gasteiger partial charge in [-0.2, -0.15) is 0 Å². The summed E-state index contributed by atoms with van der Waals surface area (Å²) < 4.78 is 5.98. The minimum absolute atomic E-state index is 0.267. The molecular formula is C17H26O3. The van der Waals surface area contributed by atoms with Crippen LogP contribution < -0.4 is 0 Å². The summed E-state index contributed by atoms with van der Waals surface area (Å²) in [5, 5.41) is 8.58. The van der Waals surface area contributed by atoms with Crippen molar-refractivity contribution in [3.8, 4) is 0 Å². The van der Waals surface area contributed by atoms with Gasteiger partial charge in [0.25, 0.3) is 0 Å². The van der Waals surface area contributed by atoms with Crippen LogP contribution in [-0.2, 0) is 9.53 Å². The average molecular weight is 278 g/mol. The number of rotatable bonds is 9. The third kappa shape index (κ3) is 3.95. The van der Waals surface area contributed by atoms with Gasteiger partial charge in [-0.3, -0.25) is 4.79 Å². The minimum Gasteiger partial charge on any atom is -0.481 e. The first-order valence-corrected chi connectivity index (χ1v) is 7.81. The van der Waals surface area contributed by atoms with E-state index >= 15 is 0 Å². The van der Waals surface area contributed by atoms with Crippen molar-refractivity contribution in [2.75, 3.05) is 6.61 Å². The molecule has 112 valence electrons. The topological polar surface area (TPSA) is 46.5 Å². The molecule has 20 heavy (non-hydrogen) atoms. The van der Waals surface area contributed by atoms with Crippen LogP contribution in [0, 0.1) is 17.8 Å². The van der Waals surface area contributed by atoms with Gasteiger partial charge in [0, 0.05) is 6.42 Å². The second-order valence-electron chi connectivity index (χ2n) is 6.08.